The summed E-state index contributed by atoms with van der Waals surface area (Å²) in [5.41, 5.74) is 2.11. The highest BCUT2D eigenvalue weighted by molar-refractivity contribution is 5.58. The molecule has 0 aliphatic heterocycles. The van der Waals surface area contributed by atoms with Crippen molar-refractivity contribution >= 4 is 5.69 Å². The van der Waals surface area contributed by atoms with Crippen molar-refractivity contribution in [3.63, 3.8) is 0 Å². The molecule has 0 radical (unpaired) electrons. The van der Waals surface area contributed by atoms with Crippen molar-refractivity contribution in [1.29, 1.82) is 0 Å². The Morgan fingerprint density at radius 2 is 1.81 bits per heavy atom. The molecule has 4 nitrogen and oxygen atoms in total. The summed E-state index contributed by atoms with van der Waals surface area (Å²) < 4.78 is 1.97. The van der Waals surface area contributed by atoms with Gasteiger partial charge in [0.2, 0.25) is 5.69 Å². The van der Waals surface area contributed by atoms with Crippen LogP contribution in [-0.4, -0.2) is 4.92 Å². The average Bonchev–Trinajstić information content (AvgIpc) is 2.30. The molecule has 80 valence electrons. The standard InChI is InChI=1S/C12H11N2O2/c1-13-9-3-2-4-12(13)10-5-7-11(8-6-10)14(15)16/h2-9H,1H3/q+1. The lowest BCUT2D eigenvalue weighted by atomic mass is 10.1. The molecule has 0 N–H and O–H groups in total. The first-order valence-corrected chi connectivity index (χ1v) is 4.88. The molecular weight excluding hydrogens is 204 g/mol. The van der Waals surface area contributed by atoms with Gasteiger partial charge in [0.1, 0.15) is 7.05 Å². The van der Waals surface area contributed by atoms with E-state index in [2.05, 4.69) is 0 Å². The van der Waals surface area contributed by atoms with Gasteiger partial charge in [0.15, 0.2) is 6.20 Å². The molecule has 4 heteroatoms. The van der Waals surface area contributed by atoms with Crippen LogP contribution < -0.4 is 4.57 Å². The topological polar surface area (TPSA) is 47.0 Å². The van der Waals surface area contributed by atoms with E-state index in [4.69, 9.17) is 0 Å². The number of hydrogen-bond acceptors (Lipinski definition) is 2. The van der Waals surface area contributed by atoms with E-state index in [9.17, 15) is 10.1 Å². The highest BCUT2D eigenvalue weighted by atomic mass is 16.6. The average molecular weight is 215 g/mol. The Hall–Kier alpha value is -2.23. The third kappa shape index (κ3) is 1.91. The molecule has 0 amide bonds. The SMILES string of the molecule is C[n+]1ccccc1-c1ccc([N+](=O)[O-])cc1. The van der Waals surface area contributed by atoms with E-state index >= 15 is 0 Å². The van der Waals surface area contributed by atoms with Crippen LogP contribution in [0.5, 0.6) is 0 Å². The quantitative estimate of drug-likeness (QED) is 0.437. The first-order valence-electron chi connectivity index (χ1n) is 4.88. The molecule has 0 aliphatic carbocycles. The fraction of sp³-hybridized carbons (Fsp3) is 0.0833. The predicted octanol–water partition coefficient (Wildman–Crippen LogP) is 2.09. The van der Waals surface area contributed by atoms with Crippen LogP contribution in [0.15, 0.2) is 48.7 Å². The van der Waals surface area contributed by atoms with E-state index in [1.165, 1.54) is 12.1 Å². The van der Waals surface area contributed by atoms with Gasteiger partial charge in [0, 0.05) is 29.8 Å². The minimum absolute atomic E-state index is 0.113. The van der Waals surface area contributed by atoms with Gasteiger partial charge in [0.05, 0.1) is 4.92 Å². The summed E-state index contributed by atoms with van der Waals surface area (Å²) >= 11 is 0. The van der Waals surface area contributed by atoms with Gasteiger partial charge in [-0.05, 0) is 18.2 Å². The molecule has 0 saturated heterocycles. The van der Waals surface area contributed by atoms with Crippen LogP contribution >= 0.6 is 0 Å². The van der Waals surface area contributed by atoms with Gasteiger partial charge in [0.25, 0.3) is 5.69 Å². The largest absolute Gasteiger partial charge is 0.269 e. The zero-order chi connectivity index (χ0) is 11.5. The molecule has 0 saturated carbocycles. The summed E-state index contributed by atoms with van der Waals surface area (Å²) in [7, 11) is 1.94. The summed E-state index contributed by atoms with van der Waals surface area (Å²) in [5, 5.41) is 10.5. The van der Waals surface area contributed by atoms with Crippen molar-refractivity contribution < 1.29 is 9.49 Å². The van der Waals surface area contributed by atoms with Gasteiger partial charge in [-0.2, -0.15) is 0 Å². The zero-order valence-corrected chi connectivity index (χ0v) is 8.83. The Morgan fingerprint density at radius 3 is 2.38 bits per heavy atom. The number of aryl methyl sites for hydroxylation is 1. The lowest BCUT2D eigenvalue weighted by Crippen LogP contribution is -2.29. The lowest BCUT2D eigenvalue weighted by Gasteiger charge is -1.99. The first kappa shape index (κ1) is 10.3. The van der Waals surface area contributed by atoms with Crippen LogP contribution in [0.3, 0.4) is 0 Å². The van der Waals surface area contributed by atoms with Crippen LogP contribution in [0.1, 0.15) is 0 Å². The molecule has 0 spiro atoms. The van der Waals surface area contributed by atoms with Gasteiger partial charge < -0.3 is 0 Å². The van der Waals surface area contributed by atoms with Gasteiger partial charge in [-0.25, -0.2) is 4.57 Å². The molecular formula is C12H11N2O2+. The molecule has 0 atom stereocenters. The van der Waals surface area contributed by atoms with Gasteiger partial charge in [-0.3, -0.25) is 10.1 Å². The molecule has 0 aliphatic rings. The number of non-ortho nitro benzene ring substituents is 1. The third-order valence-electron chi connectivity index (χ3n) is 2.43. The Balaban J connectivity index is 2.43. The number of nitro groups is 1. The Kier molecular flexibility index (Phi) is 2.64. The highest BCUT2D eigenvalue weighted by Gasteiger charge is 2.10. The van der Waals surface area contributed by atoms with Gasteiger partial charge in [-0.1, -0.05) is 0 Å². The Bertz CT molecular complexity index is 521. The highest BCUT2D eigenvalue weighted by Crippen LogP contribution is 2.18. The predicted molar refractivity (Wildman–Crippen MR) is 59.7 cm³/mol. The summed E-state index contributed by atoms with van der Waals surface area (Å²) in [6.07, 6.45) is 1.94. The second kappa shape index (κ2) is 4.10. The molecule has 0 unspecified atom stereocenters. The maximum Gasteiger partial charge on any atom is 0.269 e. The van der Waals surface area contributed by atoms with Crippen molar-refractivity contribution in [3.8, 4) is 11.3 Å². The maximum atomic E-state index is 10.5. The van der Waals surface area contributed by atoms with E-state index in [0.717, 1.165) is 11.3 Å². The van der Waals surface area contributed by atoms with Crippen molar-refractivity contribution in [2.45, 2.75) is 0 Å². The summed E-state index contributed by atoms with van der Waals surface area (Å²) in [4.78, 5) is 10.1. The smallest absolute Gasteiger partial charge is 0.258 e. The van der Waals surface area contributed by atoms with E-state index in [0.29, 0.717) is 0 Å². The van der Waals surface area contributed by atoms with Crippen molar-refractivity contribution in [2.75, 3.05) is 0 Å². The number of rotatable bonds is 2. The summed E-state index contributed by atoms with van der Waals surface area (Å²) in [6.45, 7) is 0. The Morgan fingerprint density at radius 1 is 1.12 bits per heavy atom. The lowest BCUT2D eigenvalue weighted by molar-refractivity contribution is -0.660. The molecule has 1 aromatic carbocycles. The van der Waals surface area contributed by atoms with Crippen molar-refractivity contribution in [2.24, 2.45) is 7.05 Å². The normalized spacial score (nSPS) is 10.1. The minimum atomic E-state index is -0.394. The summed E-state index contributed by atoms with van der Waals surface area (Å²) in [5.74, 6) is 0. The summed E-state index contributed by atoms with van der Waals surface area (Å²) in [6, 6.07) is 12.4. The molecule has 1 heterocycles. The van der Waals surface area contributed by atoms with Crippen LogP contribution in [-0.2, 0) is 7.05 Å². The molecule has 1 aromatic heterocycles. The second-order valence-corrected chi connectivity index (χ2v) is 3.50. The van der Waals surface area contributed by atoms with Crippen molar-refractivity contribution in [3.05, 3.63) is 58.8 Å². The van der Waals surface area contributed by atoms with Crippen LogP contribution in [0, 0.1) is 10.1 Å². The fourth-order valence-electron chi connectivity index (χ4n) is 1.58. The first-order chi connectivity index (χ1) is 7.68. The zero-order valence-electron chi connectivity index (χ0n) is 8.83. The van der Waals surface area contributed by atoms with E-state index in [-0.39, 0.29) is 5.69 Å². The fourth-order valence-corrected chi connectivity index (χ4v) is 1.58. The van der Waals surface area contributed by atoms with Crippen molar-refractivity contribution in [1.82, 2.24) is 0 Å². The third-order valence-corrected chi connectivity index (χ3v) is 2.43. The number of nitro benzene ring substituents is 1. The number of hydrogen-bond donors (Lipinski definition) is 0. The van der Waals surface area contributed by atoms with Crippen LogP contribution in [0.25, 0.3) is 11.3 Å². The van der Waals surface area contributed by atoms with E-state index < -0.39 is 4.92 Å². The van der Waals surface area contributed by atoms with E-state index in [1.807, 2.05) is 36.0 Å². The number of nitrogens with zero attached hydrogens (tertiary/aromatic N) is 2. The van der Waals surface area contributed by atoms with Crippen LogP contribution in [0.4, 0.5) is 5.69 Å². The maximum absolute atomic E-state index is 10.5. The monoisotopic (exact) mass is 215 g/mol. The second-order valence-electron chi connectivity index (χ2n) is 3.50. The molecule has 2 rings (SSSR count). The number of benzene rings is 1. The number of aromatic nitrogens is 1. The van der Waals surface area contributed by atoms with Crippen LogP contribution in [0.2, 0.25) is 0 Å². The van der Waals surface area contributed by atoms with Gasteiger partial charge >= 0.3 is 0 Å². The van der Waals surface area contributed by atoms with Gasteiger partial charge in [-0.15, -0.1) is 0 Å². The molecule has 2 aromatic rings. The molecule has 16 heavy (non-hydrogen) atoms. The Labute approximate surface area is 92.9 Å². The molecule has 0 fully saturated rings. The van der Waals surface area contributed by atoms with E-state index in [1.54, 1.807) is 12.1 Å². The number of pyridine rings is 1. The minimum Gasteiger partial charge on any atom is -0.258 e. The molecule has 0 bridgehead atoms.